The zero-order chi connectivity index (χ0) is 23.8. The van der Waals surface area contributed by atoms with Crippen LogP contribution in [0.25, 0.3) is 0 Å². The number of halogens is 5. The zero-order valence-corrected chi connectivity index (χ0v) is 16.5. The lowest BCUT2D eigenvalue weighted by molar-refractivity contribution is -0.138. The van der Waals surface area contributed by atoms with Gasteiger partial charge in [-0.25, -0.2) is 18.6 Å². The largest absolute Gasteiger partial charge is 0.417 e. The number of nitrogens with one attached hydrogen (secondary N) is 4. The van der Waals surface area contributed by atoms with Gasteiger partial charge in [-0.15, -0.1) is 0 Å². The maximum absolute atomic E-state index is 14.7. The molecule has 0 saturated heterocycles. The number of rotatable bonds is 4. The molecule has 0 fully saturated rings. The Hall–Kier alpha value is -4.22. The standard InChI is InChI=1S/C21H14F5N5O2/c22-10-1-3-12(14(7-10)21(24,25)26)19(32)29-11-2-4-17(15(23)8-11)30-16-5-6-27-18-13(16)9-28-20(33)31-18/h1-8H,9H2,(H,29,32)(H3,27,28,30,31,33). The Morgan fingerprint density at radius 1 is 1.03 bits per heavy atom. The molecule has 12 heteroatoms. The molecule has 0 atom stereocenters. The summed E-state index contributed by atoms with van der Waals surface area (Å²) >= 11 is 0. The number of anilines is 4. The predicted molar refractivity (Wildman–Crippen MR) is 109 cm³/mol. The minimum absolute atomic E-state index is 0.0102. The third-order valence-electron chi connectivity index (χ3n) is 4.74. The van der Waals surface area contributed by atoms with Gasteiger partial charge in [0.2, 0.25) is 0 Å². The first kappa shape index (κ1) is 22.0. The first-order chi connectivity index (χ1) is 15.6. The number of nitrogens with zero attached hydrogens (tertiary/aromatic N) is 1. The number of benzene rings is 2. The highest BCUT2D eigenvalue weighted by Gasteiger charge is 2.35. The number of hydrogen-bond donors (Lipinski definition) is 4. The lowest BCUT2D eigenvalue weighted by atomic mass is 10.1. The normalized spacial score (nSPS) is 12.9. The number of carbonyl (C=O) groups excluding carboxylic acids is 2. The van der Waals surface area contributed by atoms with Gasteiger partial charge in [0.1, 0.15) is 17.5 Å². The maximum atomic E-state index is 14.7. The highest BCUT2D eigenvalue weighted by Crippen LogP contribution is 2.33. The summed E-state index contributed by atoms with van der Waals surface area (Å²) in [6.07, 6.45) is -3.54. The van der Waals surface area contributed by atoms with Crippen molar-refractivity contribution in [3.05, 3.63) is 77.0 Å². The molecule has 170 valence electrons. The Kier molecular flexibility index (Phi) is 5.58. The fraction of sp³-hybridized carbons (Fsp3) is 0.0952. The number of amides is 3. The van der Waals surface area contributed by atoms with Gasteiger partial charge >= 0.3 is 12.2 Å². The summed E-state index contributed by atoms with van der Waals surface area (Å²) in [6, 6.07) is 6.28. The van der Waals surface area contributed by atoms with Crippen molar-refractivity contribution < 1.29 is 31.5 Å². The predicted octanol–water partition coefficient (Wildman–Crippen LogP) is 5.01. The third-order valence-corrected chi connectivity index (χ3v) is 4.74. The van der Waals surface area contributed by atoms with Crippen molar-refractivity contribution in [2.24, 2.45) is 0 Å². The van der Waals surface area contributed by atoms with E-state index in [2.05, 4.69) is 26.3 Å². The van der Waals surface area contributed by atoms with Crippen LogP contribution in [0.3, 0.4) is 0 Å². The molecular formula is C21H14F5N5O2. The second kappa shape index (κ2) is 8.37. The first-order valence-electron chi connectivity index (χ1n) is 9.39. The second-order valence-electron chi connectivity index (χ2n) is 6.95. The molecule has 4 N–H and O–H groups in total. The van der Waals surface area contributed by atoms with E-state index in [0.717, 1.165) is 12.1 Å². The van der Waals surface area contributed by atoms with Crippen LogP contribution in [0.2, 0.25) is 0 Å². The van der Waals surface area contributed by atoms with E-state index < -0.39 is 40.9 Å². The molecule has 0 saturated carbocycles. The summed E-state index contributed by atoms with van der Waals surface area (Å²) in [7, 11) is 0. The highest BCUT2D eigenvalue weighted by atomic mass is 19.4. The van der Waals surface area contributed by atoms with Gasteiger partial charge in [0.25, 0.3) is 5.91 Å². The lowest BCUT2D eigenvalue weighted by Gasteiger charge is -2.21. The van der Waals surface area contributed by atoms with Gasteiger partial charge in [0.15, 0.2) is 0 Å². The Bertz CT molecular complexity index is 1260. The van der Waals surface area contributed by atoms with Crippen molar-refractivity contribution in [2.45, 2.75) is 12.7 Å². The Morgan fingerprint density at radius 2 is 1.82 bits per heavy atom. The number of pyridine rings is 1. The van der Waals surface area contributed by atoms with Crippen LogP contribution in [0.1, 0.15) is 21.5 Å². The van der Waals surface area contributed by atoms with Crippen LogP contribution in [0, 0.1) is 11.6 Å². The van der Waals surface area contributed by atoms with Crippen LogP contribution in [0.15, 0.2) is 48.7 Å². The van der Waals surface area contributed by atoms with Gasteiger partial charge < -0.3 is 16.0 Å². The second-order valence-corrected chi connectivity index (χ2v) is 6.95. The van der Waals surface area contributed by atoms with Crippen molar-refractivity contribution in [3.8, 4) is 0 Å². The van der Waals surface area contributed by atoms with E-state index >= 15 is 0 Å². The number of aromatic nitrogens is 1. The van der Waals surface area contributed by atoms with Crippen molar-refractivity contribution in [2.75, 3.05) is 16.0 Å². The summed E-state index contributed by atoms with van der Waals surface area (Å²) in [5.74, 6) is -2.81. The Labute approximate surface area is 183 Å². The number of fused-ring (bicyclic) bond motifs is 1. The van der Waals surface area contributed by atoms with E-state index in [0.29, 0.717) is 23.1 Å². The van der Waals surface area contributed by atoms with Crippen molar-refractivity contribution >= 4 is 34.8 Å². The van der Waals surface area contributed by atoms with Crippen molar-refractivity contribution in [1.29, 1.82) is 0 Å². The molecule has 0 bridgehead atoms. The SMILES string of the molecule is O=C1NCc2c(Nc3ccc(NC(=O)c4ccc(F)cc4C(F)(F)F)cc3F)ccnc2N1. The molecule has 33 heavy (non-hydrogen) atoms. The third kappa shape index (κ3) is 4.68. The average molecular weight is 463 g/mol. The van der Waals surface area contributed by atoms with E-state index in [4.69, 9.17) is 0 Å². The summed E-state index contributed by atoms with van der Waals surface area (Å²) < 4.78 is 67.4. The molecule has 7 nitrogen and oxygen atoms in total. The van der Waals surface area contributed by atoms with Crippen molar-refractivity contribution in [3.63, 3.8) is 0 Å². The monoisotopic (exact) mass is 463 g/mol. The minimum atomic E-state index is -4.95. The van der Waals surface area contributed by atoms with Gasteiger partial charge in [0, 0.05) is 23.1 Å². The molecule has 1 aromatic heterocycles. The van der Waals surface area contributed by atoms with E-state index in [1.54, 1.807) is 6.07 Å². The van der Waals surface area contributed by atoms with E-state index in [-0.39, 0.29) is 24.0 Å². The van der Waals surface area contributed by atoms with Gasteiger partial charge in [-0.3, -0.25) is 10.1 Å². The van der Waals surface area contributed by atoms with Crippen LogP contribution in [-0.4, -0.2) is 16.9 Å². The molecule has 2 heterocycles. The summed E-state index contributed by atoms with van der Waals surface area (Å²) in [4.78, 5) is 27.8. The first-order valence-corrected chi connectivity index (χ1v) is 9.39. The number of urea groups is 1. The fourth-order valence-electron chi connectivity index (χ4n) is 3.20. The van der Waals surface area contributed by atoms with Gasteiger partial charge in [0.05, 0.1) is 23.4 Å². The van der Waals surface area contributed by atoms with E-state index in [9.17, 15) is 31.5 Å². The zero-order valence-electron chi connectivity index (χ0n) is 16.5. The van der Waals surface area contributed by atoms with E-state index in [1.165, 1.54) is 18.3 Å². The van der Waals surface area contributed by atoms with Crippen LogP contribution in [0.4, 0.5) is 49.6 Å². The molecular weight excluding hydrogens is 449 g/mol. The van der Waals surface area contributed by atoms with E-state index in [1.807, 2.05) is 0 Å². The van der Waals surface area contributed by atoms with Crippen LogP contribution < -0.4 is 21.3 Å². The van der Waals surface area contributed by atoms with Crippen molar-refractivity contribution in [1.82, 2.24) is 10.3 Å². The minimum Gasteiger partial charge on any atom is -0.353 e. The number of carbonyl (C=O) groups is 2. The summed E-state index contributed by atoms with van der Waals surface area (Å²) in [5, 5.41) is 10.1. The molecule has 0 spiro atoms. The topological polar surface area (TPSA) is 95.2 Å². The van der Waals surface area contributed by atoms with Crippen LogP contribution >= 0.6 is 0 Å². The van der Waals surface area contributed by atoms with Crippen LogP contribution in [0.5, 0.6) is 0 Å². The molecule has 0 radical (unpaired) electrons. The van der Waals surface area contributed by atoms with Crippen LogP contribution in [-0.2, 0) is 12.7 Å². The average Bonchev–Trinajstić information content (AvgIpc) is 2.74. The Morgan fingerprint density at radius 3 is 2.55 bits per heavy atom. The molecule has 1 aliphatic rings. The molecule has 0 aliphatic carbocycles. The summed E-state index contributed by atoms with van der Waals surface area (Å²) in [5.41, 5.74) is -1.29. The molecule has 3 aromatic rings. The summed E-state index contributed by atoms with van der Waals surface area (Å²) in [6.45, 7) is 0.159. The molecule has 3 amide bonds. The molecule has 4 rings (SSSR count). The fourth-order valence-corrected chi connectivity index (χ4v) is 3.20. The maximum Gasteiger partial charge on any atom is 0.417 e. The smallest absolute Gasteiger partial charge is 0.353 e. The van der Waals surface area contributed by atoms with Gasteiger partial charge in [-0.1, -0.05) is 0 Å². The van der Waals surface area contributed by atoms with Gasteiger partial charge in [-0.05, 0) is 42.5 Å². The number of hydrogen-bond acceptors (Lipinski definition) is 4. The van der Waals surface area contributed by atoms with Gasteiger partial charge in [-0.2, -0.15) is 13.2 Å². The lowest BCUT2D eigenvalue weighted by Crippen LogP contribution is -2.34. The Balaban J connectivity index is 1.55. The quantitative estimate of drug-likeness (QED) is 0.409. The number of alkyl halides is 3. The molecule has 0 unspecified atom stereocenters. The molecule has 1 aliphatic heterocycles. The highest BCUT2D eigenvalue weighted by molar-refractivity contribution is 6.05. The molecule has 2 aromatic carbocycles.